The molecule has 3 fully saturated rings. The lowest BCUT2D eigenvalue weighted by molar-refractivity contribution is -0.00977. The van der Waals surface area contributed by atoms with Crippen LogP contribution in [0, 0.1) is 22.5 Å². The van der Waals surface area contributed by atoms with Gasteiger partial charge in [-0.05, 0) is 67.1 Å². The van der Waals surface area contributed by atoms with Crippen LogP contribution in [0.1, 0.15) is 78.4 Å². The minimum absolute atomic E-state index is 0.0322. The van der Waals surface area contributed by atoms with Crippen molar-refractivity contribution in [2.45, 2.75) is 58.4 Å². The number of aromatic nitrogens is 3. The Balaban J connectivity index is 1.32. The average molecular weight is 516 g/mol. The molecule has 10 heteroatoms. The fourth-order valence-electron chi connectivity index (χ4n) is 5.63. The zero-order valence-electron chi connectivity index (χ0n) is 20.0. The third kappa shape index (κ3) is 4.56. The van der Waals surface area contributed by atoms with E-state index in [2.05, 4.69) is 27.6 Å². The fraction of sp³-hybridized carbons (Fsp3) is 0.462. The molecule has 2 N–H and O–H groups in total. The summed E-state index contributed by atoms with van der Waals surface area (Å²) >= 11 is 5.80. The topological polar surface area (TPSA) is 88.4 Å². The second-order valence-electron chi connectivity index (χ2n) is 10.2. The van der Waals surface area contributed by atoms with E-state index in [4.69, 9.17) is 11.6 Å². The molecule has 1 aromatic carbocycles. The highest BCUT2D eigenvalue weighted by atomic mass is 35.5. The minimum atomic E-state index is -0.738. The lowest BCUT2D eigenvalue weighted by Gasteiger charge is -2.53. The molecule has 0 spiro atoms. The van der Waals surface area contributed by atoms with Crippen LogP contribution >= 0.6 is 11.6 Å². The van der Waals surface area contributed by atoms with Gasteiger partial charge >= 0.3 is 0 Å². The SMILES string of the molecule is CCC12CCC(CNC(=O)c3cc(C(=O)NCc4ccc(F)c(Cl)c4)nc4c(F)cnn34)(CC1)CC2. The third-order valence-corrected chi connectivity index (χ3v) is 8.55. The molecule has 0 aliphatic heterocycles. The first-order valence-electron chi connectivity index (χ1n) is 12.3. The standard InChI is InChI=1S/C26H28ClF2N5O2/c1-2-25-5-8-26(9-6-25,10-7-25)15-31-24(36)21-12-20(33-22-19(29)14-32-34(21)22)23(35)30-13-16-3-4-18(28)17(27)11-16/h3-4,11-12,14H,2,5-10,13,15H2,1H3,(H,30,35)(H,31,36). The smallest absolute Gasteiger partial charge is 0.270 e. The van der Waals surface area contributed by atoms with E-state index in [9.17, 15) is 18.4 Å². The van der Waals surface area contributed by atoms with E-state index in [0.717, 1.165) is 30.0 Å². The number of rotatable bonds is 7. The van der Waals surface area contributed by atoms with Crippen LogP contribution in [0.5, 0.6) is 0 Å². The van der Waals surface area contributed by atoms with Gasteiger partial charge in [0.25, 0.3) is 11.8 Å². The molecule has 0 atom stereocenters. The highest BCUT2D eigenvalue weighted by molar-refractivity contribution is 6.30. The molecule has 3 saturated carbocycles. The second kappa shape index (κ2) is 9.42. The maximum Gasteiger partial charge on any atom is 0.270 e. The monoisotopic (exact) mass is 515 g/mol. The summed E-state index contributed by atoms with van der Waals surface area (Å²) < 4.78 is 28.9. The molecule has 7 nitrogen and oxygen atoms in total. The van der Waals surface area contributed by atoms with E-state index in [0.29, 0.717) is 17.5 Å². The van der Waals surface area contributed by atoms with Crippen molar-refractivity contribution in [3.8, 4) is 0 Å². The third-order valence-electron chi connectivity index (χ3n) is 8.26. The molecule has 0 radical (unpaired) electrons. The summed E-state index contributed by atoms with van der Waals surface area (Å²) in [5.74, 6) is -2.34. The van der Waals surface area contributed by atoms with E-state index < -0.39 is 23.4 Å². The highest BCUT2D eigenvalue weighted by Crippen LogP contribution is 2.57. The average Bonchev–Trinajstić information content (AvgIpc) is 3.29. The van der Waals surface area contributed by atoms with Gasteiger partial charge in [0.15, 0.2) is 11.5 Å². The number of benzene rings is 1. The number of carbonyl (C=O) groups excluding carboxylic acids is 2. The predicted octanol–water partition coefficient (Wildman–Crippen LogP) is 5.07. The van der Waals surface area contributed by atoms with E-state index >= 15 is 0 Å². The Morgan fingerprint density at radius 2 is 1.69 bits per heavy atom. The van der Waals surface area contributed by atoms with Crippen LogP contribution in [0.15, 0.2) is 30.5 Å². The fourth-order valence-corrected chi connectivity index (χ4v) is 5.83. The summed E-state index contributed by atoms with van der Waals surface area (Å²) in [6.45, 7) is 2.85. The van der Waals surface area contributed by atoms with Crippen molar-refractivity contribution in [1.82, 2.24) is 25.2 Å². The molecule has 2 amide bonds. The molecule has 0 unspecified atom stereocenters. The number of nitrogens with zero attached hydrogens (tertiary/aromatic N) is 3. The summed E-state index contributed by atoms with van der Waals surface area (Å²) in [7, 11) is 0. The van der Waals surface area contributed by atoms with Gasteiger partial charge in [-0.1, -0.05) is 31.0 Å². The molecule has 190 valence electrons. The Morgan fingerprint density at radius 1 is 1.00 bits per heavy atom. The Labute approximate surface area is 212 Å². The van der Waals surface area contributed by atoms with Gasteiger partial charge in [0, 0.05) is 19.2 Å². The molecule has 3 aromatic rings. The maximum absolute atomic E-state index is 14.4. The molecule has 3 aliphatic carbocycles. The molecule has 2 heterocycles. The number of carbonyl (C=O) groups is 2. The van der Waals surface area contributed by atoms with Gasteiger partial charge in [0.2, 0.25) is 0 Å². The van der Waals surface area contributed by atoms with Crippen LogP contribution in [-0.2, 0) is 6.54 Å². The van der Waals surface area contributed by atoms with Crippen molar-refractivity contribution in [2.24, 2.45) is 10.8 Å². The quantitative estimate of drug-likeness (QED) is 0.460. The van der Waals surface area contributed by atoms with Gasteiger partial charge in [-0.15, -0.1) is 0 Å². The van der Waals surface area contributed by atoms with Crippen molar-refractivity contribution in [3.63, 3.8) is 0 Å². The zero-order valence-corrected chi connectivity index (χ0v) is 20.8. The zero-order chi connectivity index (χ0) is 25.5. The molecule has 0 saturated heterocycles. The first-order valence-corrected chi connectivity index (χ1v) is 12.7. The second-order valence-corrected chi connectivity index (χ2v) is 10.6. The van der Waals surface area contributed by atoms with Crippen LogP contribution in [0.3, 0.4) is 0 Å². The van der Waals surface area contributed by atoms with Gasteiger partial charge < -0.3 is 10.6 Å². The predicted molar refractivity (Wildman–Crippen MR) is 131 cm³/mol. The molecule has 6 rings (SSSR count). The van der Waals surface area contributed by atoms with Gasteiger partial charge in [0.05, 0.1) is 11.2 Å². The maximum atomic E-state index is 14.4. The van der Waals surface area contributed by atoms with E-state index in [-0.39, 0.29) is 34.0 Å². The van der Waals surface area contributed by atoms with Crippen LogP contribution in [-0.4, -0.2) is 33.0 Å². The molecular weight excluding hydrogens is 488 g/mol. The molecule has 36 heavy (non-hydrogen) atoms. The van der Waals surface area contributed by atoms with E-state index in [1.54, 1.807) is 0 Å². The van der Waals surface area contributed by atoms with E-state index in [1.165, 1.54) is 49.9 Å². The molecule has 2 bridgehead atoms. The van der Waals surface area contributed by atoms with E-state index in [1.807, 2.05) is 0 Å². The van der Waals surface area contributed by atoms with Gasteiger partial charge in [-0.3, -0.25) is 9.59 Å². The van der Waals surface area contributed by atoms with Crippen molar-refractivity contribution in [3.05, 3.63) is 64.1 Å². The largest absolute Gasteiger partial charge is 0.350 e. The normalized spacial score (nSPS) is 23.1. The van der Waals surface area contributed by atoms with Crippen molar-refractivity contribution in [2.75, 3.05) is 6.54 Å². The van der Waals surface area contributed by atoms with Gasteiger partial charge in [0.1, 0.15) is 17.2 Å². The summed E-state index contributed by atoms with van der Waals surface area (Å²) in [5, 5.41) is 9.56. The summed E-state index contributed by atoms with van der Waals surface area (Å²) in [6, 6.07) is 5.42. The van der Waals surface area contributed by atoms with Crippen molar-refractivity contribution >= 4 is 29.1 Å². The van der Waals surface area contributed by atoms with Crippen LogP contribution in [0.25, 0.3) is 5.65 Å². The first-order chi connectivity index (χ1) is 17.2. The summed E-state index contributed by atoms with van der Waals surface area (Å²) in [4.78, 5) is 30.1. The lowest BCUT2D eigenvalue weighted by Crippen LogP contribution is -2.47. The Morgan fingerprint density at radius 3 is 2.36 bits per heavy atom. The molecule has 2 aromatic heterocycles. The van der Waals surface area contributed by atoms with Crippen molar-refractivity contribution in [1.29, 1.82) is 0 Å². The van der Waals surface area contributed by atoms with Gasteiger partial charge in [-0.2, -0.15) is 5.10 Å². The Hall–Kier alpha value is -3.07. The summed E-state index contributed by atoms with van der Waals surface area (Å²) in [5.41, 5.74) is 0.836. The number of halogens is 3. The van der Waals surface area contributed by atoms with Crippen LogP contribution in [0.2, 0.25) is 5.02 Å². The van der Waals surface area contributed by atoms with Crippen LogP contribution in [0.4, 0.5) is 8.78 Å². The Bertz CT molecular complexity index is 1320. The molecule has 3 aliphatic rings. The molecular formula is C26H28ClF2N5O2. The highest BCUT2D eigenvalue weighted by Gasteiger charge is 2.47. The number of amides is 2. The Kier molecular flexibility index (Phi) is 6.44. The van der Waals surface area contributed by atoms with Crippen LogP contribution < -0.4 is 10.6 Å². The number of fused-ring (bicyclic) bond motifs is 4. The summed E-state index contributed by atoms with van der Waals surface area (Å²) in [6.07, 6.45) is 8.99. The minimum Gasteiger partial charge on any atom is -0.350 e. The number of nitrogens with one attached hydrogen (secondary N) is 2. The number of hydrogen-bond acceptors (Lipinski definition) is 4. The van der Waals surface area contributed by atoms with Crippen molar-refractivity contribution < 1.29 is 18.4 Å². The van der Waals surface area contributed by atoms with Gasteiger partial charge in [-0.25, -0.2) is 18.3 Å². The first kappa shape index (κ1) is 24.6. The lowest BCUT2D eigenvalue weighted by atomic mass is 9.53. The number of hydrogen-bond donors (Lipinski definition) is 2.